The number of nitrogens with two attached hydrogens (primary N) is 1. The Labute approximate surface area is 87.7 Å². The molecule has 0 fully saturated rings. The zero-order valence-corrected chi connectivity index (χ0v) is 9.42. The summed E-state index contributed by atoms with van der Waals surface area (Å²) in [5.74, 6) is 0.580. The number of halogens is 1. The summed E-state index contributed by atoms with van der Waals surface area (Å²) in [5, 5.41) is 0. The van der Waals surface area contributed by atoms with Gasteiger partial charge in [-0.05, 0) is 46.4 Å². The second-order valence-electron chi connectivity index (χ2n) is 3.23. The molecule has 72 valence electrons. The Morgan fingerprint density at radius 3 is 2.85 bits per heavy atom. The molecule has 1 unspecified atom stereocenters. The van der Waals surface area contributed by atoms with Gasteiger partial charge in [0.1, 0.15) is 0 Å². The van der Waals surface area contributed by atoms with Crippen molar-refractivity contribution in [3.63, 3.8) is 0 Å². The molecule has 0 aliphatic rings. The van der Waals surface area contributed by atoms with E-state index in [2.05, 4.69) is 33.9 Å². The van der Waals surface area contributed by atoms with Crippen LogP contribution in [0, 0.1) is 5.92 Å². The summed E-state index contributed by atoms with van der Waals surface area (Å²) in [6.45, 7) is 2.92. The first kappa shape index (κ1) is 10.7. The molecule has 0 spiro atoms. The lowest BCUT2D eigenvalue weighted by molar-refractivity contribution is 0.518. The van der Waals surface area contributed by atoms with Crippen molar-refractivity contribution in [2.75, 3.05) is 6.54 Å². The molecular formula is C10H15BrN2. The minimum Gasteiger partial charge on any atom is -0.330 e. The largest absolute Gasteiger partial charge is 0.330 e. The van der Waals surface area contributed by atoms with Crippen molar-refractivity contribution in [3.8, 4) is 0 Å². The molecule has 13 heavy (non-hydrogen) atoms. The molecule has 3 heteroatoms. The Morgan fingerprint density at radius 2 is 2.31 bits per heavy atom. The predicted octanol–water partition coefficient (Wildman–Crippen LogP) is 2.37. The van der Waals surface area contributed by atoms with Crippen LogP contribution in [0.1, 0.15) is 18.9 Å². The summed E-state index contributed by atoms with van der Waals surface area (Å²) in [5.41, 5.74) is 6.89. The SMILES string of the molecule is CCC(CN)Cc1cncc(Br)c1. The molecule has 1 aromatic rings. The van der Waals surface area contributed by atoms with Gasteiger partial charge in [0.05, 0.1) is 0 Å². The van der Waals surface area contributed by atoms with Crippen molar-refractivity contribution in [3.05, 3.63) is 28.5 Å². The summed E-state index contributed by atoms with van der Waals surface area (Å²) in [6.07, 6.45) is 5.86. The highest BCUT2D eigenvalue weighted by Gasteiger charge is 2.05. The van der Waals surface area contributed by atoms with Crippen LogP contribution in [-0.2, 0) is 6.42 Å². The standard InChI is InChI=1S/C10H15BrN2/c1-2-8(5-12)3-9-4-10(11)7-13-6-9/h4,6-8H,2-3,5,12H2,1H3. The van der Waals surface area contributed by atoms with Crippen molar-refractivity contribution < 1.29 is 0 Å². The Bertz CT molecular complexity index is 259. The van der Waals surface area contributed by atoms with Gasteiger partial charge in [-0.3, -0.25) is 4.98 Å². The van der Waals surface area contributed by atoms with E-state index in [1.54, 1.807) is 6.20 Å². The lowest BCUT2D eigenvalue weighted by atomic mass is 9.98. The molecule has 1 aromatic heterocycles. The fourth-order valence-corrected chi connectivity index (χ4v) is 1.71. The van der Waals surface area contributed by atoms with Crippen LogP contribution in [0.4, 0.5) is 0 Å². The number of aromatic nitrogens is 1. The zero-order chi connectivity index (χ0) is 9.68. The van der Waals surface area contributed by atoms with Gasteiger partial charge in [-0.1, -0.05) is 13.3 Å². The topological polar surface area (TPSA) is 38.9 Å². The molecule has 1 rings (SSSR count). The summed E-state index contributed by atoms with van der Waals surface area (Å²) in [6, 6.07) is 2.10. The maximum Gasteiger partial charge on any atom is 0.0410 e. The normalized spacial score (nSPS) is 12.8. The van der Waals surface area contributed by atoms with Gasteiger partial charge in [-0.2, -0.15) is 0 Å². The van der Waals surface area contributed by atoms with Crippen LogP contribution in [0.15, 0.2) is 22.9 Å². The van der Waals surface area contributed by atoms with Crippen LogP contribution >= 0.6 is 15.9 Å². The third-order valence-corrected chi connectivity index (χ3v) is 2.63. The van der Waals surface area contributed by atoms with Crippen molar-refractivity contribution in [2.45, 2.75) is 19.8 Å². The fraction of sp³-hybridized carbons (Fsp3) is 0.500. The first-order valence-electron chi connectivity index (χ1n) is 4.55. The van der Waals surface area contributed by atoms with Crippen molar-refractivity contribution in [1.29, 1.82) is 0 Å². The van der Waals surface area contributed by atoms with E-state index < -0.39 is 0 Å². The molecule has 2 nitrogen and oxygen atoms in total. The first-order valence-corrected chi connectivity index (χ1v) is 5.35. The van der Waals surface area contributed by atoms with Crippen LogP contribution < -0.4 is 5.73 Å². The van der Waals surface area contributed by atoms with Crippen LogP contribution in [-0.4, -0.2) is 11.5 Å². The molecule has 0 radical (unpaired) electrons. The van der Waals surface area contributed by atoms with Crippen LogP contribution in [0.3, 0.4) is 0 Å². The lowest BCUT2D eigenvalue weighted by Crippen LogP contribution is -2.15. The second-order valence-corrected chi connectivity index (χ2v) is 4.14. The molecule has 0 bridgehead atoms. The Kier molecular flexibility index (Phi) is 4.39. The quantitative estimate of drug-likeness (QED) is 0.881. The average molecular weight is 243 g/mol. The number of hydrogen-bond donors (Lipinski definition) is 1. The first-order chi connectivity index (χ1) is 6.26. The lowest BCUT2D eigenvalue weighted by Gasteiger charge is -2.11. The van der Waals surface area contributed by atoms with Gasteiger partial charge in [0, 0.05) is 16.9 Å². The third kappa shape index (κ3) is 3.44. The maximum absolute atomic E-state index is 5.64. The van der Waals surface area contributed by atoms with Gasteiger partial charge < -0.3 is 5.73 Å². The van der Waals surface area contributed by atoms with Crippen molar-refractivity contribution >= 4 is 15.9 Å². The molecule has 0 saturated carbocycles. The Hall–Kier alpha value is -0.410. The van der Waals surface area contributed by atoms with Gasteiger partial charge >= 0.3 is 0 Å². The molecule has 0 amide bonds. The van der Waals surface area contributed by atoms with E-state index in [1.165, 1.54) is 5.56 Å². The highest BCUT2D eigenvalue weighted by atomic mass is 79.9. The highest BCUT2D eigenvalue weighted by Crippen LogP contribution is 2.14. The number of pyridine rings is 1. The summed E-state index contributed by atoms with van der Waals surface area (Å²) < 4.78 is 1.04. The van der Waals surface area contributed by atoms with Crippen LogP contribution in [0.2, 0.25) is 0 Å². The van der Waals surface area contributed by atoms with Gasteiger partial charge in [-0.15, -0.1) is 0 Å². The van der Waals surface area contributed by atoms with E-state index in [1.807, 2.05) is 6.20 Å². The average Bonchev–Trinajstić information content (AvgIpc) is 2.14. The molecule has 0 aliphatic carbocycles. The van der Waals surface area contributed by atoms with Crippen molar-refractivity contribution in [2.24, 2.45) is 11.7 Å². The minimum atomic E-state index is 0.580. The highest BCUT2D eigenvalue weighted by molar-refractivity contribution is 9.10. The predicted molar refractivity (Wildman–Crippen MR) is 58.5 cm³/mol. The number of rotatable bonds is 4. The van der Waals surface area contributed by atoms with E-state index in [9.17, 15) is 0 Å². The minimum absolute atomic E-state index is 0.580. The van der Waals surface area contributed by atoms with E-state index in [0.717, 1.165) is 23.9 Å². The van der Waals surface area contributed by atoms with E-state index in [4.69, 9.17) is 5.73 Å². The van der Waals surface area contributed by atoms with E-state index in [-0.39, 0.29) is 0 Å². The third-order valence-electron chi connectivity index (χ3n) is 2.20. The zero-order valence-electron chi connectivity index (χ0n) is 7.83. The van der Waals surface area contributed by atoms with Gasteiger partial charge in [0.25, 0.3) is 0 Å². The molecular weight excluding hydrogens is 228 g/mol. The number of hydrogen-bond acceptors (Lipinski definition) is 2. The smallest absolute Gasteiger partial charge is 0.0410 e. The molecule has 0 aliphatic heterocycles. The fourth-order valence-electron chi connectivity index (χ4n) is 1.30. The summed E-state index contributed by atoms with van der Waals surface area (Å²) >= 11 is 3.40. The number of nitrogens with zero attached hydrogens (tertiary/aromatic N) is 1. The second kappa shape index (κ2) is 5.35. The van der Waals surface area contributed by atoms with Crippen LogP contribution in [0.25, 0.3) is 0 Å². The van der Waals surface area contributed by atoms with E-state index >= 15 is 0 Å². The van der Waals surface area contributed by atoms with E-state index in [0.29, 0.717) is 5.92 Å². The Morgan fingerprint density at radius 1 is 1.54 bits per heavy atom. The van der Waals surface area contributed by atoms with Gasteiger partial charge in [-0.25, -0.2) is 0 Å². The maximum atomic E-state index is 5.64. The molecule has 0 saturated heterocycles. The Balaban J connectivity index is 2.62. The molecule has 1 heterocycles. The van der Waals surface area contributed by atoms with Gasteiger partial charge in [0.2, 0.25) is 0 Å². The molecule has 2 N–H and O–H groups in total. The van der Waals surface area contributed by atoms with Gasteiger partial charge in [0.15, 0.2) is 0 Å². The van der Waals surface area contributed by atoms with Crippen LogP contribution in [0.5, 0.6) is 0 Å². The molecule has 0 aromatic carbocycles. The summed E-state index contributed by atoms with van der Waals surface area (Å²) in [4.78, 5) is 4.12. The van der Waals surface area contributed by atoms with Crippen molar-refractivity contribution in [1.82, 2.24) is 4.98 Å². The summed E-state index contributed by atoms with van der Waals surface area (Å²) in [7, 11) is 0. The molecule has 1 atom stereocenters. The monoisotopic (exact) mass is 242 g/mol.